The smallest absolute Gasteiger partial charge is 0.315 e. The van der Waals surface area contributed by atoms with Gasteiger partial charge in [0.05, 0.1) is 5.92 Å². The molecule has 0 saturated heterocycles. The van der Waals surface area contributed by atoms with E-state index < -0.39 is 5.97 Å². The monoisotopic (exact) mass is 344 g/mol. The van der Waals surface area contributed by atoms with Crippen LogP contribution in [0.2, 0.25) is 0 Å². The molecule has 1 unspecified atom stereocenters. The number of hydrogen-bond donors (Lipinski definition) is 3. The fourth-order valence-corrected chi connectivity index (χ4v) is 4.33. The summed E-state index contributed by atoms with van der Waals surface area (Å²) in [6.07, 6.45) is 6.16. The van der Waals surface area contributed by atoms with E-state index in [-0.39, 0.29) is 24.0 Å². The van der Waals surface area contributed by atoms with Gasteiger partial charge in [-0.25, -0.2) is 4.79 Å². The second-order valence-electron chi connectivity index (χ2n) is 7.49. The predicted octanol–water partition coefficient (Wildman–Crippen LogP) is 3.44. The van der Waals surface area contributed by atoms with Crippen LogP contribution in [-0.4, -0.2) is 29.2 Å². The van der Waals surface area contributed by atoms with Crippen molar-refractivity contribution in [3.8, 4) is 0 Å². The lowest BCUT2D eigenvalue weighted by Gasteiger charge is -2.32. The minimum absolute atomic E-state index is 0.0804. The lowest BCUT2D eigenvalue weighted by molar-refractivity contribution is -0.142. The van der Waals surface area contributed by atoms with Gasteiger partial charge in [0.1, 0.15) is 0 Å². The van der Waals surface area contributed by atoms with E-state index in [0.717, 1.165) is 32.1 Å². The summed E-state index contributed by atoms with van der Waals surface area (Å²) in [7, 11) is 0. The molecule has 3 N–H and O–H groups in total. The maximum absolute atomic E-state index is 12.4. The largest absolute Gasteiger partial charge is 0.481 e. The topological polar surface area (TPSA) is 78.4 Å². The Morgan fingerprint density at radius 1 is 1.12 bits per heavy atom. The predicted molar refractivity (Wildman–Crippen MR) is 96.6 cm³/mol. The van der Waals surface area contributed by atoms with Crippen molar-refractivity contribution in [1.82, 2.24) is 10.6 Å². The van der Waals surface area contributed by atoms with Crippen LogP contribution in [-0.2, 0) is 11.2 Å². The summed E-state index contributed by atoms with van der Waals surface area (Å²) in [6.45, 7) is 2.08. The first-order valence-electron chi connectivity index (χ1n) is 9.42. The third-order valence-electron chi connectivity index (χ3n) is 5.79. The van der Waals surface area contributed by atoms with Gasteiger partial charge in [0.2, 0.25) is 0 Å². The van der Waals surface area contributed by atoms with Crippen LogP contribution >= 0.6 is 0 Å². The number of carbonyl (C=O) groups is 2. The molecule has 5 nitrogen and oxygen atoms in total. The molecule has 2 atom stereocenters. The standard InChI is InChI=1S/C20H28N2O3/c1-13(17-8-4-6-14-5-2-3-7-18(14)17)21-20(25)22-16-11-9-15(10-12-16)19(23)24/h2-3,5,7,13,15-17H,4,6,8-12H2,1H3,(H,23,24)(H2,21,22,25)/t13-,15?,16?,17?/m1/s1. The summed E-state index contributed by atoms with van der Waals surface area (Å²) in [4.78, 5) is 23.4. The van der Waals surface area contributed by atoms with Gasteiger partial charge in [0, 0.05) is 18.0 Å². The Morgan fingerprint density at radius 2 is 1.84 bits per heavy atom. The second-order valence-corrected chi connectivity index (χ2v) is 7.49. The minimum Gasteiger partial charge on any atom is -0.481 e. The zero-order chi connectivity index (χ0) is 17.8. The summed E-state index contributed by atoms with van der Waals surface area (Å²) in [5.74, 6) is -0.607. The van der Waals surface area contributed by atoms with Crippen LogP contribution in [0.4, 0.5) is 4.79 Å². The Kier molecular flexibility index (Phi) is 5.61. The normalized spacial score (nSPS) is 27.0. The molecule has 1 aromatic carbocycles. The van der Waals surface area contributed by atoms with E-state index in [1.54, 1.807) is 0 Å². The molecule has 2 amide bonds. The molecule has 1 saturated carbocycles. The van der Waals surface area contributed by atoms with Crippen LogP contribution in [0.25, 0.3) is 0 Å². The molecular weight excluding hydrogens is 316 g/mol. The summed E-state index contributed by atoms with van der Waals surface area (Å²) in [6, 6.07) is 8.56. The molecule has 5 heteroatoms. The number of aryl methyl sites for hydroxylation is 1. The molecule has 25 heavy (non-hydrogen) atoms. The fraction of sp³-hybridized carbons (Fsp3) is 0.600. The van der Waals surface area contributed by atoms with E-state index in [2.05, 4.69) is 41.8 Å². The zero-order valence-corrected chi connectivity index (χ0v) is 14.8. The minimum atomic E-state index is -0.715. The van der Waals surface area contributed by atoms with Gasteiger partial charge in [-0.3, -0.25) is 4.79 Å². The SMILES string of the molecule is C[C@@H](NC(=O)NC1CCC(C(=O)O)CC1)C1CCCc2ccccc21. The molecule has 1 fully saturated rings. The third kappa shape index (κ3) is 4.33. The molecule has 0 aromatic heterocycles. The first kappa shape index (κ1) is 17.8. The summed E-state index contributed by atoms with van der Waals surface area (Å²) >= 11 is 0. The number of amides is 2. The van der Waals surface area contributed by atoms with Crippen molar-refractivity contribution in [2.24, 2.45) is 5.92 Å². The van der Waals surface area contributed by atoms with Crippen molar-refractivity contribution in [3.63, 3.8) is 0 Å². The van der Waals surface area contributed by atoms with Crippen LogP contribution in [0.5, 0.6) is 0 Å². The molecule has 0 bridgehead atoms. The Bertz CT molecular complexity index is 623. The van der Waals surface area contributed by atoms with E-state index in [1.165, 1.54) is 11.1 Å². The Balaban J connectivity index is 1.51. The molecule has 136 valence electrons. The van der Waals surface area contributed by atoms with Crippen molar-refractivity contribution in [2.75, 3.05) is 0 Å². The maximum atomic E-state index is 12.4. The van der Waals surface area contributed by atoms with E-state index in [0.29, 0.717) is 18.8 Å². The lowest BCUT2D eigenvalue weighted by atomic mass is 9.79. The average molecular weight is 344 g/mol. The van der Waals surface area contributed by atoms with Gasteiger partial charge in [-0.15, -0.1) is 0 Å². The molecule has 0 heterocycles. The van der Waals surface area contributed by atoms with Gasteiger partial charge >= 0.3 is 12.0 Å². The highest BCUT2D eigenvalue weighted by molar-refractivity contribution is 5.75. The summed E-state index contributed by atoms with van der Waals surface area (Å²) in [5, 5.41) is 15.2. The Morgan fingerprint density at radius 3 is 2.56 bits per heavy atom. The van der Waals surface area contributed by atoms with Gasteiger partial charge in [0.25, 0.3) is 0 Å². The van der Waals surface area contributed by atoms with Crippen LogP contribution in [0.1, 0.15) is 62.5 Å². The van der Waals surface area contributed by atoms with Gasteiger partial charge in [-0.05, 0) is 63.0 Å². The first-order chi connectivity index (χ1) is 12.0. The van der Waals surface area contributed by atoms with E-state index in [4.69, 9.17) is 5.11 Å². The molecule has 2 aliphatic rings. The van der Waals surface area contributed by atoms with Crippen LogP contribution in [0.3, 0.4) is 0 Å². The number of rotatable bonds is 4. The van der Waals surface area contributed by atoms with E-state index in [1.807, 2.05) is 0 Å². The number of fused-ring (bicyclic) bond motifs is 1. The molecule has 0 radical (unpaired) electrons. The molecular formula is C20H28N2O3. The third-order valence-corrected chi connectivity index (χ3v) is 5.79. The zero-order valence-electron chi connectivity index (χ0n) is 14.8. The van der Waals surface area contributed by atoms with Crippen LogP contribution in [0, 0.1) is 5.92 Å². The highest BCUT2D eigenvalue weighted by Crippen LogP contribution is 2.33. The Hall–Kier alpha value is -2.04. The average Bonchev–Trinajstić information content (AvgIpc) is 2.61. The Labute approximate surface area is 149 Å². The lowest BCUT2D eigenvalue weighted by Crippen LogP contribution is -2.48. The molecule has 0 aliphatic heterocycles. The highest BCUT2D eigenvalue weighted by Gasteiger charge is 2.29. The number of carboxylic acid groups (broad SMARTS) is 1. The number of hydrogen-bond acceptors (Lipinski definition) is 2. The number of carbonyl (C=O) groups excluding carboxylic acids is 1. The molecule has 2 aliphatic carbocycles. The maximum Gasteiger partial charge on any atom is 0.315 e. The molecule has 3 rings (SSSR count). The van der Waals surface area contributed by atoms with Crippen LogP contribution < -0.4 is 10.6 Å². The van der Waals surface area contributed by atoms with Gasteiger partial charge in [0.15, 0.2) is 0 Å². The fourth-order valence-electron chi connectivity index (χ4n) is 4.33. The van der Waals surface area contributed by atoms with Crippen LogP contribution in [0.15, 0.2) is 24.3 Å². The van der Waals surface area contributed by atoms with Gasteiger partial charge in [-0.1, -0.05) is 24.3 Å². The van der Waals surface area contributed by atoms with Crippen molar-refractivity contribution in [1.29, 1.82) is 0 Å². The van der Waals surface area contributed by atoms with Gasteiger partial charge < -0.3 is 15.7 Å². The van der Waals surface area contributed by atoms with Gasteiger partial charge in [-0.2, -0.15) is 0 Å². The first-order valence-corrected chi connectivity index (χ1v) is 9.42. The van der Waals surface area contributed by atoms with E-state index >= 15 is 0 Å². The number of nitrogens with one attached hydrogen (secondary N) is 2. The van der Waals surface area contributed by atoms with Crippen molar-refractivity contribution < 1.29 is 14.7 Å². The molecule has 0 spiro atoms. The summed E-state index contributed by atoms with van der Waals surface area (Å²) < 4.78 is 0. The number of urea groups is 1. The van der Waals surface area contributed by atoms with Crippen molar-refractivity contribution in [3.05, 3.63) is 35.4 Å². The quantitative estimate of drug-likeness (QED) is 0.783. The number of aliphatic carboxylic acids is 1. The number of carboxylic acids is 1. The van der Waals surface area contributed by atoms with Crippen molar-refractivity contribution in [2.45, 2.75) is 69.9 Å². The van der Waals surface area contributed by atoms with E-state index in [9.17, 15) is 9.59 Å². The number of benzene rings is 1. The molecule has 1 aromatic rings. The highest BCUT2D eigenvalue weighted by atomic mass is 16.4. The van der Waals surface area contributed by atoms with Crippen molar-refractivity contribution >= 4 is 12.0 Å². The second kappa shape index (κ2) is 7.89. The summed E-state index contributed by atoms with van der Waals surface area (Å²) in [5.41, 5.74) is 2.77.